The van der Waals surface area contributed by atoms with Crippen LogP contribution in [0, 0.1) is 12.8 Å². The second-order valence-corrected chi connectivity index (χ2v) is 9.88. The van der Waals surface area contributed by atoms with Crippen molar-refractivity contribution in [1.82, 2.24) is 15.0 Å². The van der Waals surface area contributed by atoms with Gasteiger partial charge in [-0.05, 0) is 67.9 Å². The van der Waals surface area contributed by atoms with Crippen LogP contribution < -0.4 is 5.32 Å². The van der Waals surface area contributed by atoms with Crippen LogP contribution in [0.25, 0.3) is 10.4 Å². The van der Waals surface area contributed by atoms with Gasteiger partial charge >= 0.3 is 5.97 Å². The molecule has 1 aliphatic rings. The Morgan fingerprint density at radius 2 is 1.97 bits per heavy atom. The van der Waals surface area contributed by atoms with Crippen molar-refractivity contribution in [3.8, 4) is 10.4 Å². The minimum Gasteiger partial charge on any atom is -0.481 e. The van der Waals surface area contributed by atoms with Gasteiger partial charge in [-0.25, -0.2) is 15.0 Å². The molecular weight excluding hydrogens is 424 g/mol. The number of aliphatic carboxylic acids is 1. The van der Waals surface area contributed by atoms with Crippen LogP contribution in [0.4, 0.5) is 11.6 Å². The van der Waals surface area contributed by atoms with Gasteiger partial charge in [0.15, 0.2) is 0 Å². The molecule has 32 heavy (non-hydrogen) atoms. The van der Waals surface area contributed by atoms with Crippen LogP contribution in [0.1, 0.15) is 61.7 Å². The summed E-state index contributed by atoms with van der Waals surface area (Å²) in [5.41, 5.74) is 2.90. The van der Waals surface area contributed by atoms with Gasteiger partial charge in [-0.3, -0.25) is 4.79 Å². The SMILES string of the molecule is Cc1cc(Nc2nccc(C(C)C)n2)cc(-c2cnc([C@]3(O)CC[C@H](C(=O)O)CC3)s2)c1. The monoisotopic (exact) mass is 452 g/mol. The standard InChI is InChI=1S/C24H28N4O3S/c1-14(2)19-6-9-25-23(28-19)27-18-11-15(3)10-17(12-18)20-13-26-22(32-20)24(31)7-4-16(5-8-24)21(29)30/h6,9-14,16,31H,4-5,7-8H2,1-3H3,(H,29,30)(H,25,27,28)/t16-,24-. The Morgan fingerprint density at radius 1 is 1.22 bits per heavy atom. The minimum absolute atomic E-state index is 0.318. The van der Waals surface area contributed by atoms with E-state index in [2.05, 4.69) is 40.2 Å². The first-order valence-electron chi connectivity index (χ1n) is 10.9. The van der Waals surface area contributed by atoms with Crippen molar-refractivity contribution in [3.05, 3.63) is 52.9 Å². The van der Waals surface area contributed by atoms with E-state index in [-0.39, 0.29) is 5.92 Å². The second-order valence-electron chi connectivity index (χ2n) is 8.85. The van der Waals surface area contributed by atoms with E-state index in [0.717, 1.165) is 27.4 Å². The maximum absolute atomic E-state index is 11.2. The summed E-state index contributed by atoms with van der Waals surface area (Å²) >= 11 is 1.46. The molecule has 3 N–H and O–H groups in total. The van der Waals surface area contributed by atoms with Crippen LogP contribution in [0.5, 0.6) is 0 Å². The summed E-state index contributed by atoms with van der Waals surface area (Å²) < 4.78 is 0. The fourth-order valence-electron chi connectivity index (χ4n) is 4.06. The smallest absolute Gasteiger partial charge is 0.306 e. The summed E-state index contributed by atoms with van der Waals surface area (Å²) in [5, 5.41) is 24.3. The Hall–Kier alpha value is -2.84. The van der Waals surface area contributed by atoms with Crippen LogP contribution in [0.15, 0.2) is 36.7 Å². The normalized spacial score (nSPS) is 21.0. The summed E-state index contributed by atoms with van der Waals surface area (Å²) in [5.74, 6) is -0.285. The number of aryl methyl sites for hydroxylation is 1. The van der Waals surface area contributed by atoms with Crippen LogP contribution in [-0.2, 0) is 10.4 Å². The molecule has 0 unspecified atom stereocenters. The van der Waals surface area contributed by atoms with E-state index >= 15 is 0 Å². The number of nitrogens with zero attached hydrogens (tertiary/aromatic N) is 3. The maximum Gasteiger partial charge on any atom is 0.306 e. The second kappa shape index (κ2) is 8.96. The predicted molar refractivity (Wildman–Crippen MR) is 125 cm³/mol. The molecular formula is C24H28N4O3S. The van der Waals surface area contributed by atoms with Gasteiger partial charge in [0, 0.05) is 23.8 Å². The molecule has 168 valence electrons. The number of rotatable bonds is 6. The van der Waals surface area contributed by atoms with E-state index in [9.17, 15) is 15.0 Å². The Morgan fingerprint density at radius 3 is 2.66 bits per heavy atom. The van der Waals surface area contributed by atoms with Crippen molar-refractivity contribution >= 4 is 28.9 Å². The van der Waals surface area contributed by atoms with Crippen molar-refractivity contribution in [2.45, 2.75) is 58.0 Å². The molecule has 1 fully saturated rings. The largest absolute Gasteiger partial charge is 0.481 e. The molecule has 1 aromatic carbocycles. The van der Waals surface area contributed by atoms with Crippen LogP contribution in [-0.4, -0.2) is 31.1 Å². The first-order chi connectivity index (χ1) is 15.2. The molecule has 0 amide bonds. The number of nitrogens with one attached hydrogen (secondary N) is 1. The number of carboxylic acids is 1. The Bertz CT molecular complexity index is 1120. The molecule has 0 saturated heterocycles. The Kier molecular flexibility index (Phi) is 6.26. The summed E-state index contributed by atoms with van der Waals surface area (Å²) in [6.07, 6.45) is 5.32. The number of anilines is 2. The summed E-state index contributed by atoms with van der Waals surface area (Å²) in [7, 11) is 0. The highest BCUT2D eigenvalue weighted by Crippen LogP contribution is 2.43. The lowest BCUT2D eigenvalue weighted by molar-refractivity contribution is -0.145. The zero-order chi connectivity index (χ0) is 22.9. The maximum atomic E-state index is 11.2. The molecule has 2 heterocycles. The van der Waals surface area contributed by atoms with Crippen molar-refractivity contribution in [2.75, 3.05) is 5.32 Å². The van der Waals surface area contributed by atoms with E-state index in [4.69, 9.17) is 0 Å². The van der Waals surface area contributed by atoms with Crippen LogP contribution in [0.3, 0.4) is 0 Å². The zero-order valence-corrected chi connectivity index (χ0v) is 19.3. The molecule has 7 nitrogen and oxygen atoms in total. The highest BCUT2D eigenvalue weighted by molar-refractivity contribution is 7.15. The molecule has 2 aromatic heterocycles. The van der Waals surface area contributed by atoms with E-state index < -0.39 is 11.6 Å². The van der Waals surface area contributed by atoms with E-state index in [1.807, 2.05) is 25.1 Å². The summed E-state index contributed by atoms with van der Waals surface area (Å²) in [6.45, 7) is 6.23. The highest BCUT2D eigenvalue weighted by atomic mass is 32.1. The van der Waals surface area contributed by atoms with Gasteiger partial charge in [0.25, 0.3) is 0 Å². The Balaban J connectivity index is 1.55. The molecule has 0 radical (unpaired) electrons. The van der Waals surface area contributed by atoms with E-state index in [1.54, 1.807) is 12.4 Å². The number of thiazole rings is 1. The molecule has 1 aliphatic carbocycles. The molecule has 0 atom stereocenters. The van der Waals surface area contributed by atoms with Gasteiger partial charge in [-0.2, -0.15) is 0 Å². The number of benzene rings is 1. The van der Waals surface area contributed by atoms with Crippen molar-refractivity contribution in [2.24, 2.45) is 5.92 Å². The average molecular weight is 453 g/mol. The number of hydrogen-bond acceptors (Lipinski definition) is 7. The third-order valence-electron chi connectivity index (χ3n) is 5.95. The average Bonchev–Trinajstić information content (AvgIpc) is 3.25. The van der Waals surface area contributed by atoms with Gasteiger partial charge in [0.1, 0.15) is 10.6 Å². The van der Waals surface area contributed by atoms with Gasteiger partial charge in [-0.15, -0.1) is 11.3 Å². The topological polar surface area (TPSA) is 108 Å². The van der Waals surface area contributed by atoms with Crippen molar-refractivity contribution in [3.63, 3.8) is 0 Å². The minimum atomic E-state index is -1.05. The Labute approximate surface area is 191 Å². The summed E-state index contributed by atoms with van der Waals surface area (Å²) in [4.78, 5) is 25.6. The van der Waals surface area contributed by atoms with E-state index in [0.29, 0.717) is 42.6 Å². The van der Waals surface area contributed by atoms with Crippen LogP contribution >= 0.6 is 11.3 Å². The van der Waals surface area contributed by atoms with Gasteiger partial charge in [0.2, 0.25) is 5.95 Å². The number of carboxylic acid groups (broad SMARTS) is 1. The third kappa shape index (κ3) is 4.81. The fourth-order valence-corrected chi connectivity index (χ4v) is 5.11. The number of aromatic nitrogens is 3. The molecule has 1 saturated carbocycles. The number of carbonyl (C=O) groups is 1. The molecule has 0 aliphatic heterocycles. The lowest BCUT2D eigenvalue weighted by Gasteiger charge is -2.32. The van der Waals surface area contributed by atoms with Gasteiger partial charge < -0.3 is 15.5 Å². The molecule has 4 rings (SSSR count). The van der Waals surface area contributed by atoms with Gasteiger partial charge in [0.05, 0.1) is 10.8 Å². The van der Waals surface area contributed by atoms with Crippen molar-refractivity contribution < 1.29 is 15.0 Å². The first kappa shape index (κ1) is 22.4. The first-order valence-corrected chi connectivity index (χ1v) is 11.7. The lowest BCUT2D eigenvalue weighted by Crippen LogP contribution is -2.33. The fraction of sp³-hybridized carbons (Fsp3) is 0.417. The zero-order valence-electron chi connectivity index (χ0n) is 18.5. The summed E-state index contributed by atoms with van der Waals surface area (Å²) in [6, 6.07) is 8.07. The lowest BCUT2D eigenvalue weighted by atomic mass is 9.79. The highest BCUT2D eigenvalue weighted by Gasteiger charge is 2.39. The van der Waals surface area contributed by atoms with E-state index in [1.165, 1.54) is 11.3 Å². The predicted octanol–water partition coefficient (Wildman–Crippen LogP) is 5.24. The van der Waals surface area contributed by atoms with Crippen LogP contribution in [0.2, 0.25) is 0 Å². The molecule has 0 bridgehead atoms. The molecule has 3 aromatic rings. The number of hydrogen-bond donors (Lipinski definition) is 3. The quantitative estimate of drug-likeness (QED) is 0.469. The number of aliphatic hydroxyl groups is 1. The van der Waals surface area contributed by atoms with Gasteiger partial charge in [-0.1, -0.05) is 19.9 Å². The third-order valence-corrected chi connectivity index (χ3v) is 7.19. The van der Waals surface area contributed by atoms with Crippen molar-refractivity contribution in [1.29, 1.82) is 0 Å². The molecule has 8 heteroatoms. The molecule has 0 spiro atoms.